The summed E-state index contributed by atoms with van der Waals surface area (Å²) in [6.07, 6.45) is -9.36. The largest absolute Gasteiger partial charge is 0.416 e. The Morgan fingerprint density at radius 3 is 1.25 bits per heavy atom. The van der Waals surface area contributed by atoms with Crippen LogP contribution >= 0.6 is 0 Å². The molecule has 0 amide bonds. The van der Waals surface area contributed by atoms with E-state index in [1.165, 1.54) is 14.1 Å². The fraction of sp³-hybridized carbons (Fsp3) is 0.182. The van der Waals surface area contributed by atoms with Gasteiger partial charge in [-0.1, -0.05) is 0 Å². The lowest BCUT2D eigenvalue weighted by molar-refractivity contribution is -0.138. The van der Waals surface area contributed by atoms with E-state index in [9.17, 15) is 35.9 Å². The number of nitrogens with zero attached hydrogens (tertiary/aromatic N) is 2. The fourth-order valence-corrected chi connectivity index (χ4v) is 3.72. The summed E-state index contributed by atoms with van der Waals surface area (Å²) in [6, 6.07) is 7.56. The average Bonchev–Trinajstić information content (AvgIpc) is 2.71. The maximum absolute atomic E-state index is 13.3. The second kappa shape index (κ2) is 6.98. The zero-order chi connectivity index (χ0) is 23.6. The Hall–Kier alpha value is -3.56. The van der Waals surface area contributed by atoms with E-state index in [1.54, 1.807) is 0 Å². The van der Waals surface area contributed by atoms with Gasteiger partial charge >= 0.3 is 12.4 Å². The first-order valence-electron chi connectivity index (χ1n) is 9.21. The molecule has 0 aliphatic carbocycles. The molecule has 0 aliphatic rings. The lowest BCUT2D eigenvalue weighted by Crippen LogP contribution is -2.19. The predicted octanol–water partition coefficient (Wildman–Crippen LogP) is 5.10. The van der Waals surface area contributed by atoms with Gasteiger partial charge in [-0.25, -0.2) is 0 Å². The molecule has 32 heavy (non-hydrogen) atoms. The number of aromatic nitrogens is 2. The van der Waals surface area contributed by atoms with Crippen molar-refractivity contribution in [2.24, 2.45) is 14.1 Å². The molecule has 0 aliphatic heterocycles. The van der Waals surface area contributed by atoms with Crippen molar-refractivity contribution >= 4 is 21.8 Å². The zero-order valence-corrected chi connectivity index (χ0v) is 16.6. The number of hydrogen-bond donors (Lipinski definition) is 0. The summed E-state index contributed by atoms with van der Waals surface area (Å²) < 4.78 is 82.3. The number of alkyl halides is 6. The number of hydrogen-bond acceptors (Lipinski definition) is 2. The summed E-state index contributed by atoms with van der Waals surface area (Å²) >= 11 is 0. The molecule has 0 saturated heterocycles. The molecule has 0 unspecified atom stereocenters. The van der Waals surface area contributed by atoms with Gasteiger partial charge in [0.25, 0.3) is 11.1 Å². The molecule has 4 aromatic rings. The Balaban J connectivity index is 2.20. The third kappa shape index (κ3) is 3.45. The summed E-state index contributed by atoms with van der Waals surface area (Å²) in [5.74, 6) is 0. The maximum Gasteiger partial charge on any atom is 0.416 e. The molecule has 0 atom stereocenters. The van der Waals surface area contributed by atoms with Crippen molar-refractivity contribution in [1.82, 2.24) is 9.13 Å². The molecule has 0 radical (unpaired) electrons. The van der Waals surface area contributed by atoms with Gasteiger partial charge < -0.3 is 9.13 Å². The highest BCUT2D eigenvalue weighted by Crippen LogP contribution is 2.38. The SMILES string of the molecule is Cn1c(=O)cc(-c2cc(=O)n(C)c3ccc(C(F)(F)F)cc23)c2cc(C(F)(F)F)ccc21. The van der Waals surface area contributed by atoms with E-state index in [2.05, 4.69) is 0 Å². The quantitative estimate of drug-likeness (QED) is 0.378. The lowest BCUT2D eigenvalue weighted by Gasteiger charge is -2.17. The second-order valence-electron chi connectivity index (χ2n) is 7.37. The summed E-state index contributed by atoms with van der Waals surface area (Å²) in [4.78, 5) is 25.0. The van der Waals surface area contributed by atoms with Crippen molar-refractivity contribution in [3.05, 3.63) is 80.4 Å². The maximum atomic E-state index is 13.3. The smallest absolute Gasteiger partial charge is 0.311 e. The summed E-state index contributed by atoms with van der Waals surface area (Å²) in [7, 11) is 2.73. The van der Waals surface area contributed by atoms with Gasteiger partial charge in [-0.2, -0.15) is 26.3 Å². The number of halogens is 6. The highest BCUT2D eigenvalue weighted by Gasteiger charge is 2.32. The minimum absolute atomic E-state index is 0.0195. The van der Waals surface area contributed by atoms with Crippen LogP contribution in [0.5, 0.6) is 0 Å². The standard InChI is InChI=1S/C22H14F6N2O2/c1-29-17-5-3-11(21(23,24)25)7-15(17)13(9-19(29)31)14-10-20(32)30(2)18-6-4-12(8-16(14)18)22(26,27)28/h3-10H,1-2H3. The Kier molecular flexibility index (Phi) is 4.72. The summed E-state index contributed by atoms with van der Waals surface area (Å²) in [6.45, 7) is 0. The Labute approximate surface area is 175 Å². The number of pyridine rings is 2. The fourth-order valence-electron chi connectivity index (χ4n) is 3.72. The van der Waals surface area contributed by atoms with E-state index in [0.29, 0.717) is 0 Å². The van der Waals surface area contributed by atoms with Crippen LogP contribution in [0.3, 0.4) is 0 Å². The van der Waals surface area contributed by atoms with Crippen molar-refractivity contribution in [2.75, 3.05) is 0 Å². The monoisotopic (exact) mass is 452 g/mol. The molecular formula is C22H14F6N2O2. The van der Waals surface area contributed by atoms with Crippen LogP contribution in [0.2, 0.25) is 0 Å². The molecule has 4 rings (SSSR count). The average molecular weight is 452 g/mol. The second-order valence-corrected chi connectivity index (χ2v) is 7.37. The number of aryl methyl sites for hydroxylation is 2. The first-order chi connectivity index (χ1) is 14.8. The van der Waals surface area contributed by atoms with E-state index in [0.717, 1.165) is 57.7 Å². The molecule has 2 heterocycles. The van der Waals surface area contributed by atoms with Gasteiger partial charge in [-0.15, -0.1) is 0 Å². The van der Waals surface area contributed by atoms with Crippen LogP contribution in [0, 0.1) is 0 Å². The number of benzene rings is 2. The first kappa shape index (κ1) is 21.7. The molecule has 0 fully saturated rings. The van der Waals surface area contributed by atoms with Gasteiger partial charge in [0.2, 0.25) is 0 Å². The molecule has 2 aromatic carbocycles. The van der Waals surface area contributed by atoms with Crippen LogP contribution in [-0.2, 0) is 26.4 Å². The van der Waals surface area contributed by atoms with Crippen LogP contribution in [0.4, 0.5) is 26.3 Å². The van der Waals surface area contributed by atoms with Gasteiger partial charge in [0, 0.05) is 37.0 Å². The third-order valence-electron chi connectivity index (χ3n) is 5.44. The van der Waals surface area contributed by atoms with Crippen LogP contribution in [0.25, 0.3) is 32.9 Å². The van der Waals surface area contributed by atoms with Gasteiger partial charge in [-0.05, 0) is 47.5 Å². The van der Waals surface area contributed by atoms with E-state index in [-0.39, 0.29) is 32.9 Å². The Morgan fingerprint density at radius 2 is 0.938 bits per heavy atom. The van der Waals surface area contributed by atoms with Gasteiger partial charge in [-0.3, -0.25) is 9.59 Å². The van der Waals surface area contributed by atoms with Crippen molar-refractivity contribution in [1.29, 1.82) is 0 Å². The minimum Gasteiger partial charge on any atom is -0.311 e. The lowest BCUT2D eigenvalue weighted by atomic mass is 9.95. The number of rotatable bonds is 1. The molecule has 0 saturated carbocycles. The van der Waals surface area contributed by atoms with Gasteiger partial charge in [0.05, 0.1) is 22.2 Å². The molecule has 10 heteroatoms. The Bertz CT molecular complexity index is 1400. The summed E-state index contributed by atoms with van der Waals surface area (Å²) in [5.41, 5.74) is -3.00. The van der Waals surface area contributed by atoms with Gasteiger partial charge in [0.15, 0.2) is 0 Å². The predicted molar refractivity (Wildman–Crippen MR) is 107 cm³/mol. The van der Waals surface area contributed by atoms with E-state index >= 15 is 0 Å². The molecular weight excluding hydrogens is 438 g/mol. The van der Waals surface area contributed by atoms with E-state index < -0.39 is 34.6 Å². The first-order valence-corrected chi connectivity index (χ1v) is 9.21. The zero-order valence-electron chi connectivity index (χ0n) is 16.6. The molecule has 0 N–H and O–H groups in total. The van der Waals surface area contributed by atoms with Crippen LogP contribution in [0.15, 0.2) is 58.1 Å². The number of fused-ring (bicyclic) bond motifs is 2. The van der Waals surface area contributed by atoms with Crippen molar-refractivity contribution < 1.29 is 26.3 Å². The molecule has 166 valence electrons. The van der Waals surface area contributed by atoms with E-state index in [4.69, 9.17) is 0 Å². The molecule has 0 spiro atoms. The topological polar surface area (TPSA) is 44.0 Å². The third-order valence-corrected chi connectivity index (χ3v) is 5.44. The van der Waals surface area contributed by atoms with Gasteiger partial charge in [0.1, 0.15) is 0 Å². The molecule has 2 aromatic heterocycles. The van der Waals surface area contributed by atoms with Crippen molar-refractivity contribution in [3.8, 4) is 11.1 Å². The van der Waals surface area contributed by atoms with Crippen molar-refractivity contribution in [2.45, 2.75) is 12.4 Å². The molecule has 4 nitrogen and oxygen atoms in total. The van der Waals surface area contributed by atoms with Crippen LogP contribution in [-0.4, -0.2) is 9.13 Å². The van der Waals surface area contributed by atoms with Crippen LogP contribution < -0.4 is 11.1 Å². The Morgan fingerprint density at radius 1 is 0.594 bits per heavy atom. The van der Waals surface area contributed by atoms with Crippen LogP contribution in [0.1, 0.15) is 11.1 Å². The van der Waals surface area contributed by atoms with E-state index in [1.807, 2.05) is 0 Å². The highest BCUT2D eigenvalue weighted by molar-refractivity contribution is 6.04. The normalized spacial score (nSPS) is 12.6. The minimum atomic E-state index is -4.68. The highest BCUT2D eigenvalue weighted by atomic mass is 19.4. The molecule has 0 bridgehead atoms. The summed E-state index contributed by atoms with van der Waals surface area (Å²) in [5, 5.41) is -0.0391. The van der Waals surface area contributed by atoms with Crippen molar-refractivity contribution in [3.63, 3.8) is 0 Å².